The van der Waals surface area contributed by atoms with Crippen LogP contribution < -0.4 is 0 Å². The van der Waals surface area contributed by atoms with E-state index in [1.165, 1.54) is 0 Å². The van der Waals surface area contributed by atoms with Crippen LogP contribution in [0.1, 0.15) is 91.8 Å². The Labute approximate surface area is 333 Å². The van der Waals surface area contributed by atoms with E-state index in [0.717, 1.165) is 44.3 Å². The number of carbonyl (C=O) groups excluding carboxylic acids is 4. The molecule has 4 heterocycles. The first kappa shape index (κ1) is 40.1. The molecule has 2 amide bonds. The molecule has 0 radical (unpaired) electrons. The number of fused-ring (bicyclic) bond motifs is 6. The summed E-state index contributed by atoms with van der Waals surface area (Å²) in [6.07, 6.45) is 0.484. The van der Waals surface area contributed by atoms with E-state index in [1.54, 1.807) is 9.80 Å². The second-order valence-electron chi connectivity index (χ2n) is 15.9. The number of Topliss-reactive ketones (excluding diaryl/α,β-unsaturated/α-hetero) is 2. The van der Waals surface area contributed by atoms with Gasteiger partial charge < -0.3 is 19.4 Å². The van der Waals surface area contributed by atoms with Gasteiger partial charge in [0.05, 0.1) is 19.2 Å². The molecule has 2 aromatic carbocycles. The van der Waals surface area contributed by atoms with Crippen LogP contribution in [-0.2, 0) is 43.0 Å². The first-order valence-electron chi connectivity index (χ1n) is 17.7. The standard InChI is InChI=1S/2C20H25IN2O3/c2*1-12(21)17(24)20(5)16-14(13-8-6-7-9-15(13)22-16)10-11-23(20)18(25)26-19(2,3)4/h2*6-9,12,22H,10-11H2,1-5H3/t2*12-,20+/m11/s1. The van der Waals surface area contributed by atoms with Crippen LogP contribution in [0, 0.1) is 0 Å². The summed E-state index contributed by atoms with van der Waals surface area (Å²) in [5, 5.41) is 2.23. The third-order valence-corrected chi connectivity index (χ3v) is 10.9. The SMILES string of the molecule is C[C@@H](I)C(=O)[C@]1(C)c2[nH]c3ccccc3c2CCN1C(=O)OC(C)(C)C.C[C@@H](I)C(=O)[C@]1(C)c2[nH]c3ccccc3c2CCN1C(=O)OC(C)(C)C. The van der Waals surface area contributed by atoms with Gasteiger partial charge in [-0.05, 0) is 105 Å². The number of ketones is 2. The summed E-state index contributed by atoms with van der Waals surface area (Å²) >= 11 is 4.23. The number of H-pyrrole nitrogens is 2. The minimum absolute atomic E-state index is 0.00327. The van der Waals surface area contributed by atoms with Gasteiger partial charge in [0.2, 0.25) is 0 Å². The molecular weight excluding hydrogens is 886 g/mol. The van der Waals surface area contributed by atoms with Gasteiger partial charge in [-0.3, -0.25) is 19.4 Å². The van der Waals surface area contributed by atoms with Gasteiger partial charge in [0.25, 0.3) is 0 Å². The van der Waals surface area contributed by atoms with Crippen molar-refractivity contribution in [1.29, 1.82) is 0 Å². The maximum atomic E-state index is 13.3. The number of nitrogens with zero attached hydrogens (tertiary/aromatic N) is 2. The predicted octanol–water partition coefficient (Wildman–Crippen LogP) is 9.14. The Hall–Kier alpha value is -3.14. The molecule has 4 atom stereocenters. The fourth-order valence-corrected chi connectivity index (χ4v) is 8.60. The highest BCUT2D eigenvalue weighted by molar-refractivity contribution is 14.1. The lowest BCUT2D eigenvalue weighted by Crippen LogP contribution is -2.58. The average molecular weight is 937 g/mol. The Bertz CT molecular complexity index is 1880. The Morgan fingerprint density at radius 1 is 0.654 bits per heavy atom. The second kappa shape index (κ2) is 14.6. The number of aromatic nitrogens is 2. The molecule has 12 heteroatoms. The number of rotatable bonds is 4. The molecule has 280 valence electrons. The maximum Gasteiger partial charge on any atom is 0.411 e. The molecule has 52 heavy (non-hydrogen) atoms. The van der Waals surface area contributed by atoms with Crippen molar-refractivity contribution in [2.75, 3.05) is 13.1 Å². The lowest BCUT2D eigenvalue weighted by molar-refractivity contribution is -0.131. The van der Waals surface area contributed by atoms with E-state index < -0.39 is 34.5 Å². The van der Waals surface area contributed by atoms with Crippen molar-refractivity contribution in [3.63, 3.8) is 0 Å². The number of carbonyl (C=O) groups is 4. The van der Waals surface area contributed by atoms with Gasteiger partial charge in [-0.1, -0.05) is 81.6 Å². The topological polar surface area (TPSA) is 125 Å². The van der Waals surface area contributed by atoms with Crippen molar-refractivity contribution in [2.24, 2.45) is 0 Å². The Morgan fingerprint density at radius 2 is 0.981 bits per heavy atom. The third-order valence-electron chi connectivity index (χ3n) is 9.76. The summed E-state index contributed by atoms with van der Waals surface area (Å²) in [4.78, 5) is 62.4. The van der Waals surface area contributed by atoms with Gasteiger partial charge in [0.15, 0.2) is 11.6 Å². The summed E-state index contributed by atoms with van der Waals surface area (Å²) in [6.45, 7) is 19.3. The van der Waals surface area contributed by atoms with Crippen molar-refractivity contribution >= 4 is 90.7 Å². The summed E-state index contributed by atoms with van der Waals surface area (Å²) in [7, 11) is 0. The van der Waals surface area contributed by atoms with Crippen LogP contribution >= 0.6 is 45.2 Å². The smallest absolute Gasteiger partial charge is 0.411 e. The molecule has 6 rings (SSSR count). The molecule has 0 unspecified atom stereocenters. The number of hydrogen-bond acceptors (Lipinski definition) is 6. The number of hydrogen-bond donors (Lipinski definition) is 2. The van der Waals surface area contributed by atoms with E-state index in [-0.39, 0.29) is 19.4 Å². The highest BCUT2D eigenvalue weighted by atomic mass is 127. The van der Waals surface area contributed by atoms with E-state index in [9.17, 15) is 19.2 Å². The maximum absolute atomic E-state index is 13.3. The molecule has 0 fully saturated rings. The van der Waals surface area contributed by atoms with Crippen molar-refractivity contribution < 1.29 is 28.7 Å². The van der Waals surface area contributed by atoms with Crippen molar-refractivity contribution in [1.82, 2.24) is 19.8 Å². The lowest BCUT2D eigenvalue weighted by Gasteiger charge is -2.44. The van der Waals surface area contributed by atoms with E-state index >= 15 is 0 Å². The lowest BCUT2D eigenvalue weighted by atomic mass is 9.82. The van der Waals surface area contributed by atoms with Gasteiger partial charge in [0, 0.05) is 34.9 Å². The molecule has 2 aliphatic heterocycles. The molecule has 0 spiro atoms. The quantitative estimate of drug-likeness (QED) is 0.156. The van der Waals surface area contributed by atoms with Crippen LogP contribution in [0.3, 0.4) is 0 Å². The van der Waals surface area contributed by atoms with E-state index in [1.807, 2.05) is 106 Å². The van der Waals surface area contributed by atoms with Crippen LogP contribution in [0.25, 0.3) is 21.8 Å². The number of amides is 2. The first-order chi connectivity index (χ1) is 24.1. The van der Waals surface area contributed by atoms with Crippen molar-refractivity contribution in [3.05, 3.63) is 71.0 Å². The number of aromatic amines is 2. The Balaban J connectivity index is 0.000000201. The summed E-state index contributed by atoms with van der Waals surface area (Å²) in [5.74, 6) is -0.00655. The minimum atomic E-state index is -1.07. The zero-order chi connectivity index (χ0) is 38.6. The zero-order valence-corrected chi connectivity index (χ0v) is 36.0. The molecule has 0 aliphatic carbocycles. The number of alkyl halides is 2. The van der Waals surface area contributed by atoms with Crippen molar-refractivity contribution in [3.8, 4) is 0 Å². The number of nitrogens with one attached hydrogen (secondary N) is 2. The average Bonchev–Trinajstić information content (AvgIpc) is 3.63. The van der Waals surface area contributed by atoms with Gasteiger partial charge in [-0.2, -0.15) is 0 Å². The molecule has 2 aliphatic rings. The van der Waals surface area contributed by atoms with E-state index in [0.29, 0.717) is 25.9 Å². The summed E-state index contributed by atoms with van der Waals surface area (Å²) in [5.41, 5.74) is 2.46. The number of ether oxygens (including phenoxy) is 2. The van der Waals surface area contributed by atoms with Crippen LogP contribution in [0.2, 0.25) is 0 Å². The summed E-state index contributed by atoms with van der Waals surface area (Å²) < 4.78 is 10.7. The van der Waals surface area contributed by atoms with Gasteiger partial charge in [0.1, 0.15) is 22.3 Å². The first-order valence-corrected chi connectivity index (χ1v) is 20.2. The number of para-hydroxylation sites is 2. The van der Waals surface area contributed by atoms with E-state index in [4.69, 9.17) is 9.47 Å². The monoisotopic (exact) mass is 936 g/mol. The van der Waals surface area contributed by atoms with Gasteiger partial charge in [-0.15, -0.1) is 0 Å². The largest absolute Gasteiger partial charge is 0.444 e. The van der Waals surface area contributed by atoms with Crippen LogP contribution in [0.5, 0.6) is 0 Å². The second-order valence-corrected chi connectivity index (χ2v) is 19.7. The molecule has 2 aromatic heterocycles. The molecule has 0 saturated heterocycles. The highest BCUT2D eigenvalue weighted by Crippen LogP contribution is 2.43. The Morgan fingerprint density at radius 3 is 1.29 bits per heavy atom. The molecule has 10 nitrogen and oxygen atoms in total. The molecule has 0 saturated carbocycles. The van der Waals surface area contributed by atoms with Crippen molar-refractivity contribution in [2.45, 2.75) is 112 Å². The van der Waals surface area contributed by atoms with Crippen LogP contribution in [-0.4, -0.2) is 75.7 Å². The highest BCUT2D eigenvalue weighted by Gasteiger charge is 2.52. The predicted molar refractivity (Wildman–Crippen MR) is 222 cm³/mol. The molecule has 4 aromatic rings. The van der Waals surface area contributed by atoms with E-state index in [2.05, 4.69) is 67.3 Å². The third kappa shape index (κ3) is 7.47. The minimum Gasteiger partial charge on any atom is -0.444 e. The fourth-order valence-electron chi connectivity index (χ4n) is 7.38. The number of halogens is 2. The molecular formula is C40H50I2N4O6. The molecule has 0 bridgehead atoms. The Kier molecular flexibility index (Phi) is 11.2. The van der Waals surface area contributed by atoms with Crippen LogP contribution in [0.15, 0.2) is 48.5 Å². The van der Waals surface area contributed by atoms with Gasteiger partial charge in [-0.25, -0.2) is 9.59 Å². The number of benzene rings is 2. The van der Waals surface area contributed by atoms with Gasteiger partial charge >= 0.3 is 12.2 Å². The summed E-state index contributed by atoms with van der Waals surface area (Å²) in [6, 6.07) is 16.1. The zero-order valence-electron chi connectivity index (χ0n) is 31.7. The fraction of sp³-hybridized carbons (Fsp3) is 0.500. The molecule has 2 N–H and O–H groups in total. The normalized spacial score (nSPS) is 21.4. The van der Waals surface area contributed by atoms with Crippen LogP contribution in [0.4, 0.5) is 9.59 Å².